The van der Waals surface area contributed by atoms with Crippen molar-refractivity contribution in [2.45, 2.75) is 25.6 Å². The molecule has 0 saturated heterocycles. The Labute approximate surface area is 121 Å². The van der Waals surface area contributed by atoms with Crippen molar-refractivity contribution in [3.05, 3.63) is 35.4 Å². The second-order valence-electron chi connectivity index (χ2n) is 4.25. The lowest BCUT2D eigenvalue weighted by atomic mass is 10.0. The molecule has 0 spiro atoms. The van der Waals surface area contributed by atoms with Crippen molar-refractivity contribution in [2.75, 3.05) is 5.75 Å². The lowest BCUT2D eigenvalue weighted by Gasteiger charge is -2.18. The van der Waals surface area contributed by atoms with Crippen molar-refractivity contribution in [3.63, 3.8) is 0 Å². The second kappa shape index (κ2) is 7.88. The van der Waals surface area contributed by atoms with Gasteiger partial charge in [0.1, 0.15) is 6.10 Å². The highest BCUT2D eigenvalue weighted by Crippen LogP contribution is 2.21. The largest absolute Gasteiger partial charge is 0.409 e. The zero-order valence-electron chi connectivity index (χ0n) is 11.1. The third-order valence-corrected chi connectivity index (χ3v) is 3.59. The fraction of sp³-hybridized carbons (Fsp3) is 0.385. The minimum atomic E-state index is -1.04. The summed E-state index contributed by atoms with van der Waals surface area (Å²) in [6.45, 7) is 1.46. The molecule has 0 aromatic heterocycles. The Morgan fingerprint density at radius 2 is 1.95 bits per heavy atom. The van der Waals surface area contributed by atoms with Crippen molar-refractivity contribution in [1.29, 1.82) is 0 Å². The first-order valence-corrected chi connectivity index (χ1v) is 7.01. The summed E-state index contributed by atoms with van der Waals surface area (Å²) in [7, 11) is 0. The number of aliphatic hydroxyl groups is 2. The quantitative estimate of drug-likeness (QED) is 0.268. The molecule has 1 aromatic carbocycles. The highest BCUT2D eigenvalue weighted by Gasteiger charge is 2.18. The van der Waals surface area contributed by atoms with Crippen LogP contribution in [0.5, 0.6) is 0 Å². The van der Waals surface area contributed by atoms with Crippen LogP contribution in [0, 0.1) is 0 Å². The summed E-state index contributed by atoms with van der Waals surface area (Å²) in [5.74, 6) is 0.430. The van der Waals surface area contributed by atoms with Crippen LogP contribution in [0.4, 0.5) is 0 Å². The molecular formula is C13H18N2O4S. The average molecular weight is 298 g/mol. The number of amidine groups is 1. The number of benzene rings is 1. The van der Waals surface area contributed by atoms with Gasteiger partial charge in [0.15, 0.2) is 11.0 Å². The van der Waals surface area contributed by atoms with E-state index in [4.69, 9.17) is 10.9 Å². The third-order valence-electron chi connectivity index (χ3n) is 2.74. The van der Waals surface area contributed by atoms with E-state index in [-0.39, 0.29) is 11.0 Å². The third kappa shape index (κ3) is 4.84. The van der Waals surface area contributed by atoms with E-state index in [2.05, 4.69) is 5.16 Å². The Bertz CT molecular complexity index is 476. The number of oxime groups is 1. The van der Waals surface area contributed by atoms with Crippen LogP contribution in [0.25, 0.3) is 0 Å². The summed E-state index contributed by atoms with van der Waals surface area (Å²) < 4.78 is 0. The van der Waals surface area contributed by atoms with Crippen LogP contribution in [0.3, 0.4) is 0 Å². The van der Waals surface area contributed by atoms with Crippen LogP contribution in [-0.2, 0) is 4.79 Å². The molecule has 0 aliphatic rings. The Hall–Kier alpha value is -1.57. The number of carbonyl (C=O) groups excluding carboxylic acids is 1. The minimum absolute atomic E-state index is 0.0187. The first-order valence-electron chi connectivity index (χ1n) is 6.03. The Morgan fingerprint density at radius 3 is 2.45 bits per heavy atom. The number of aliphatic hydroxyl groups excluding tert-OH is 2. The molecule has 2 unspecified atom stereocenters. The van der Waals surface area contributed by atoms with Gasteiger partial charge in [0.25, 0.3) is 0 Å². The van der Waals surface area contributed by atoms with E-state index in [1.165, 1.54) is 6.92 Å². The molecule has 6 nitrogen and oxygen atoms in total. The van der Waals surface area contributed by atoms with Gasteiger partial charge in [-0.25, -0.2) is 0 Å². The fourth-order valence-corrected chi connectivity index (χ4v) is 2.26. The van der Waals surface area contributed by atoms with Gasteiger partial charge in [-0.05, 0) is 12.0 Å². The van der Waals surface area contributed by atoms with E-state index in [9.17, 15) is 15.0 Å². The van der Waals surface area contributed by atoms with Gasteiger partial charge in [0, 0.05) is 18.2 Å². The normalized spacial score (nSPS) is 14.8. The zero-order valence-corrected chi connectivity index (χ0v) is 11.9. The SMILES string of the molecule is CC(=O)SCCC(O)C(O)c1ccc(C(N)=NO)cc1. The average Bonchev–Trinajstić information content (AvgIpc) is 2.45. The molecule has 0 fully saturated rings. The smallest absolute Gasteiger partial charge is 0.185 e. The number of nitrogens with two attached hydrogens (primary N) is 1. The van der Waals surface area contributed by atoms with Crippen LogP contribution >= 0.6 is 11.8 Å². The van der Waals surface area contributed by atoms with Gasteiger partial charge < -0.3 is 21.2 Å². The summed E-state index contributed by atoms with van der Waals surface area (Å²) in [5, 5.41) is 31.2. The fourth-order valence-electron chi connectivity index (χ4n) is 1.61. The van der Waals surface area contributed by atoms with Gasteiger partial charge in [0.2, 0.25) is 0 Å². The van der Waals surface area contributed by atoms with E-state index < -0.39 is 12.2 Å². The van der Waals surface area contributed by atoms with Gasteiger partial charge >= 0.3 is 0 Å². The van der Waals surface area contributed by atoms with E-state index in [0.29, 0.717) is 23.3 Å². The lowest BCUT2D eigenvalue weighted by molar-refractivity contribution is -0.109. The van der Waals surface area contributed by atoms with Crippen molar-refractivity contribution in [1.82, 2.24) is 0 Å². The van der Waals surface area contributed by atoms with Gasteiger partial charge in [0.05, 0.1) is 6.10 Å². The molecule has 1 aromatic rings. The molecule has 0 bridgehead atoms. The summed E-state index contributed by atoms with van der Waals surface area (Å²) in [6.07, 6.45) is -1.67. The van der Waals surface area contributed by atoms with Gasteiger partial charge in [-0.1, -0.05) is 41.2 Å². The first kappa shape index (κ1) is 16.5. The molecule has 20 heavy (non-hydrogen) atoms. The van der Waals surface area contributed by atoms with Crippen molar-refractivity contribution < 1.29 is 20.2 Å². The van der Waals surface area contributed by atoms with Crippen LogP contribution in [0.1, 0.15) is 30.6 Å². The maximum atomic E-state index is 10.8. The molecule has 0 heterocycles. The molecular weight excluding hydrogens is 280 g/mol. The maximum absolute atomic E-state index is 10.8. The zero-order chi connectivity index (χ0) is 15.1. The van der Waals surface area contributed by atoms with Gasteiger partial charge in [-0.3, -0.25) is 4.79 Å². The lowest BCUT2D eigenvalue weighted by Crippen LogP contribution is -2.19. The molecule has 110 valence electrons. The molecule has 0 aliphatic heterocycles. The molecule has 0 saturated carbocycles. The highest BCUT2D eigenvalue weighted by atomic mass is 32.2. The second-order valence-corrected chi connectivity index (χ2v) is 5.52. The van der Waals surface area contributed by atoms with Crippen LogP contribution < -0.4 is 5.73 Å². The molecule has 1 rings (SSSR count). The Morgan fingerprint density at radius 1 is 1.35 bits per heavy atom. The summed E-state index contributed by atoms with van der Waals surface area (Å²) >= 11 is 1.11. The van der Waals surface area contributed by atoms with E-state index in [0.717, 1.165) is 11.8 Å². The molecule has 7 heteroatoms. The van der Waals surface area contributed by atoms with Gasteiger partial charge in [-0.2, -0.15) is 0 Å². The van der Waals surface area contributed by atoms with Crippen molar-refractivity contribution in [3.8, 4) is 0 Å². The first-order chi connectivity index (χ1) is 9.45. The predicted molar refractivity (Wildman–Crippen MR) is 77.7 cm³/mol. The van der Waals surface area contributed by atoms with Crippen LogP contribution in [0.15, 0.2) is 29.4 Å². The molecule has 0 aliphatic carbocycles. The molecule has 0 radical (unpaired) electrons. The number of thioether (sulfide) groups is 1. The molecule has 5 N–H and O–H groups in total. The summed E-state index contributed by atoms with van der Waals surface area (Å²) in [6, 6.07) is 6.37. The number of nitrogens with zero attached hydrogens (tertiary/aromatic N) is 1. The summed E-state index contributed by atoms with van der Waals surface area (Å²) in [5.41, 5.74) is 6.47. The number of hydrogen-bond donors (Lipinski definition) is 4. The standard InChI is InChI=1S/C13H18N2O4S/c1-8(16)20-7-6-11(17)12(18)9-2-4-10(5-3-9)13(14)15-19/h2-5,11-12,17-19H,6-7H2,1H3,(H2,14,15). The highest BCUT2D eigenvalue weighted by molar-refractivity contribution is 8.13. The van der Waals surface area contributed by atoms with Crippen LogP contribution in [0.2, 0.25) is 0 Å². The number of hydrogen-bond acceptors (Lipinski definition) is 6. The summed E-state index contributed by atoms with van der Waals surface area (Å²) in [4.78, 5) is 10.8. The number of rotatable bonds is 6. The van der Waals surface area contributed by atoms with Gasteiger partial charge in [-0.15, -0.1) is 0 Å². The topological polar surface area (TPSA) is 116 Å². The monoisotopic (exact) mass is 298 g/mol. The molecule has 2 atom stereocenters. The molecule has 0 amide bonds. The number of carbonyl (C=O) groups is 1. The predicted octanol–water partition coefficient (Wildman–Crippen LogP) is 0.845. The van der Waals surface area contributed by atoms with Crippen molar-refractivity contribution >= 4 is 22.7 Å². The van der Waals surface area contributed by atoms with E-state index in [1.807, 2.05) is 0 Å². The van der Waals surface area contributed by atoms with Crippen LogP contribution in [-0.4, -0.2) is 38.2 Å². The maximum Gasteiger partial charge on any atom is 0.185 e. The van der Waals surface area contributed by atoms with E-state index in [1.54, 1.807) is 24.3 Å². The minimum Gasteiger partial charge on any atom is -0.409 e. The van der Waals surface area contributed by atoms with E-state index >= 15 is 0 Å². The van der Waals surface area contributed by atoms with Crippen molar-refractivity contribution in [2.24, 2.45) is 10.9 Å². The Kier molecular flexibility index (Phi) is 6.50. The Balaban J connectivity index is 2.62.